The molecule has 84 valence electrons. The van der Waals surface area contributed by atoms with Crippen LogP contribution in [0, 0.1) is 6.92 Å². The zero-order chi connectivity index (χ0) is 11.1. The molecule has 0 spiro atoms. The summed E-state index contributed by atoms with van der Waals surface area (Å²) in [4.78, 5) is 0. The Morgan fingerprint density at radius 3 is 2.20 bits per heavy atom. The third kappa shape index (κ3) is 4.02. The highest BCUT2D eigenvalue weighted by molar-refractivity contribution is 5.32. The lowest BCUT2D eigenvalue weighted by Crippen LogP contribution is -2.11. The molecule has 0 aliphatic heterocycles. The minimum absolute atomic E-state index is 0.597. The number of hydrogen-bond donors (Lipinski definition) is 2. The van der Waals surface area contributed by atoms with Gasteiger partial charge in [0, 0.05) is 13.1 Å². The Hall–Kier alpha value is -0.860. The fourth-order valence-corrected chi connectivity index (χ4v) is 1.86. The molecule has 4 N–H and O–H groups in total. The normalized spacial score (nSPS) is 13.8. The summed E-state index contributed by atoms with van der Waals surface area (Å²) in [7, 11) is 0. The molecule has 1 aliphatic carbocycles. The predicted molar refractivity (Wildman–Crippen MR) is 65.9 cm³/mol. The lowest BCUT2D eigenvalue weighted by molar-refractivity contribution is 0.685. The standard InChI is InChI=1S/C11H14.C2H8N2/c1-9-6-7-10-4-2-3-5-11(10)8-9;3-1-2-4/h6-8H,2-5H2,1H3;1-4H2. The molecule has 0 saturated heterocycles. The maximum absolute atomic E-state index is 4.90. The molecule has 0 unspecified atom stereocenters. The van der Waals surface area contributed by atoms with Crippen molar-refractivity contribution in [1.29, 1.82) is 0 Å². The monoisotopic (exact) mass is 206 g/mol. The molecule has 0 saturated carbocycles. The van der Waals surface area contributed by atoms with E-state index < -0.39 is 0 Å². The topological polar surface area (TPSA) is 52.0 Å². The lowest BCUT2D eigenvalue weighted by atomic mass is 9.91. The number of hydrogen-bond acceptors (Lipinski definition) is 2. The Kier molecular flexibility index (Phi) is 5.37. The highest BCUT2D eigenvalue weighted by atomic mass is 14.6. The van der Waals surface area contributed by atoms with Gasteiger partial charge in [0.25, 0.3) is 0 Å². The van der Waals surface area contributed by atoms with Gasteiger partial charge in [-0.2, -0.15) is 0 Å². The van der Waals surface area contributed by atoms with Gasteiger partial charge in [0.2, 0.25) is 0 Å². The van der Waals surface area contributed by atoms with Crippen LogP contribution < -0.4 is 11.5 Å². The molecule has 0 bridgehead atoms. The van der Waals surface area contributed by atoms with Crippen LogP contribution >= 0.6 is 0 Å². The summed E-state index contributed by atoms with van der Waals surface area (Å²) in [5, 5.41) is 0. The molecular weight excluding hydrogens is 184 g/mol. The van der Waals surface area contributed by atoms with E-state index in [2.05, 4.69) is 25.1 Å². The van der Waals surface area contributed by atoms with Crippen molar-refractivity contribution < 1.29 is 0 Å². The average molecular weight is 206 g/mol. The molecule has 0 fully saturated rings. The molecule has 0 heterocycles. The minimum atomic E-state index is 0.597. The van der Waals surface area contributed by atoms with Crippen LogP contribution in [0.15, 0.2) is 18.2 Å². The van der Waals surface area contributed by atoms with Crippen LogP contribution in [0.4, 0.5) is 0 Å². The van der Waals surface area contributed by atoms with E-state index in [1.165, 1.54) is 31.2 Å². The van der Waals surface area contributed by atoms with E-state index in [1.807, 2.05) is 0 Å². The molecule has 2 heteroatoms. The molecule has 1 aromatic carbocycles. The van der Waals surface area contributed by atoms with Crippen LogP contribution in [0.3, 0.4) is 0 Å². The molecule has 1 aliphatic rings. The third-order valence-corrected chi connectivity index (χ3v) is 2.67. The second-order valence-electron chi connectivity index (χ2n) is 4.06. The largest absolute Gasteiger partial charge is 0.329 e. The van der Waals surface area contributed by atoms with Gasteiger partial charge in [0.15, 0.2) is 0 Å². The van der Waals surface area contributed by atoms with E-state index in [0.717, 1.165) is 0 Å². The first kappa shape index (κ1) is 12.2. The van der Waals surface area contributed by atoms with Gasteiger partial charge in [-0.05, 0) is 43.7 Å². The van der Waals surface area contributed by atoms with Crippen LogP contribution in [0.1, 0.15) is 29.5 Å². The summed E-state index contributed by atoms with van der Waals surface area (Å²) in [6.45, 7) is 3.37. The SMILES string of the molecule is Cc1ccc2c(c1)CCCC2.NCCN. The van der Waals surface area contributed by atoms with E-state index in [-0.39, 0.29) is 0 Å². The molecule has 0 radical (unpaired) electrons. The van der Waals surface area contributed by atoms with Gasteiger partial charge in [0.05, 0.1) is 0 Å². The zero-order valence-electron chi connectivity index (χ0n) is 9.63. The van der Waals surface area contributed by atoms with Crippen LogP contribution in [0.5, 0.6) is 0 Å². The van der Waals surface area contributed by atoms with Crippen LogP contribution in [-0.4, -0.2) is 13.1 Å². The second-order valence-corrected chi connectivity index (χ2v) is 4.06. The van der Waals surface area contributed by atoms with E-state index in [0.29, 0.717) is 13.1 Å². The quantitative estimate of drug-likeness (QED) is 0.736. The van der Waals surface area contributed by atoms with E-state index in [4.69, 9.17) is 11.5 Å². The first-order valence-corrected chi connectivity index (χ1v) is 5.76. The molecule has 0 amide bonds. The summed E-state index contributed by atoms with van der Waals surface area (Å²) in [5.41, 5.74) is 14.4. The van der Waals surface area contributed by atoms with Crippen molar-refractivity contribution in [2.75, 3.05) is 13.1 Å². The lowest BCUT2D eigenvalue weighted by Gasteiger charge is -2.15. The van der Waals surface area contributed by atoms with Gasteiger partial charge in [0.1, 0.15) is 0 Å². The van der Waals surface area contributed by atoms with Crippen molar-refractivity contribution in [3.63, 3.8) is 0 Å². The van der Waals surface area contributed by atoms with E-state index in [1.54, 1.807) is 11.1 Å². The van der Waals surface area contributed by atoms with Crippen molar-refractivity contribution >= 4 is 0 Å². The van der Waals surface area contributed by atoms with Crippen molar-refractivity contribution in [1.82, 2.24) is 0 Å². The highest BCUT2D eigenvalue weighted by Gasteiger charge is 2.07. The third-order valence-electron chi connectivity index (χ3n) is 2.67. The minimum Gasteiger partial charge on any atom is -0.329 e. The van der Waals surface area contributed by atoms with E-state index in [9.17, 15) is 0 Å². The molecular formula is C13H22N2. The smallest absolute Gasteiger partial charge is 0.00461 e. The summed E-state index contributed by atoms with van der Waals surface area (Å²) < 4.78 is 0. The average Bonchev–Trinajstić information content (AvgIpc) is 2.29. The number of aryl methyl sites for hydroxylation is 3. The highest BCUT2D eigenvalue weighted by Crippen LogP contribution is 2.21. The number of benzene rings is 1. The van der Waals surface area contributed by atoms with Gasteiger partial charge < -0.3 is 11.5 Å². The van der Waals surface area contributed by atoms with E-state index >= 15 is 0 Å². The molecule has 2 rings (SSSR count). The number of nitrogens with two attached hydrogens (primary N) is 2. The maximum Gasteiger partial charge on any atom is 0.00461 e. The molecule has 15 heavy (non-hydrogen) atoms. The summed E-state index contributed by atoms with van der Waals surface area (Å²) >= 11 is 0. The Morgan fingerprint density at radius 2 is 1.60 bits per heavy atom. The van der Waals surface area contributed by atoms with Crippen molar-refractivity contribution in [2.24, 2.45) is 11.5 Å². The predicted octanol–water partition coefficient (Wildman–Crippen LogP) is 1.78. The fourth-order valence-electron chi connectivity index (χ4n) is 1.86. The molecule has 2 nitrogen and oxygen atoms in total. The van der Waals surface area contributed by atoms with Crippen molar-refractivity contribution in [3.8, 4) is 0 Å². The van der Waals surface area contributed by atoms with Gasteiger partial charge >= 0.3 is 0 Å². The first-order valence-electron chi connectivity index (χ1n) is 5.76. The van der Waals surface area contributed by atoms with Crippen molar-refractivity contribution in [2.45, 2.75) is 32.6 Å². The fraction of sp³-hybridized carbons (Fsp3) is 0.538. The molecule has 0 atom stereocenters. The van der Waals surface area contributed by atoms with Gasteiger partial charge in [-0.25, -0.2) is 0 Å². The van der Waals surface area contributed by atoms with Crippen LogP contribution in [0.2, 0.25) is 0 Å². The number of rotatable bonds is 1. The summed E-state index contributed by atoms with van der Waals surface area (Å²) in [6.07, 6.45) is 5.37. The zero-order valence-corrected chi connectivity index (χ0v) is 9.63. The van der Waals surface area contributed by atoms with Crippen LogP contribution in [0.25, 0.3) is 0 Å². The van der Waals surface area contributed by atoms with Gasteiger partial charge in [-0.3, -0.25) is 0 Å². The van der Waals surface area contributed by atoms with Gasteiger partial charge in [-0.1, -0.05) is 23.8 Å². The Labute approximate surface area is 92.7 Å². The molecule has 0 aromatic heterocycles. The number of fused-ring (bicyclic) bond motifs is 1. The summed E-state index contributed by atoms with van der Waals surface area (Å²) in [5.74, 6) is 0. The Morgan fingerprint density at radius 1 is 1.00 bits per heavy atom. The maximum atomic E-state index is 4.90. The first-order chi connectivity index (χ1) is 7.27. The van der Waals surface area contributed by atoms with Crippen LogP contribution in [-0.2, 0) is 12.8 Å². The van der Waals surface area contributed by atoms with Gasteiger partial charge in [-0.15, -0.1) is 0 Å². The Balaban J connectivity index is 0.000000245. The Bertz CT molecular complexity index is 293. The van der Waals surface area contributed by atoms with Crippen molar-refractivity contribution in [3.05, 3.63) is 34.9 Å². The summed E-state index contributed by atoms with van der Waals surface area (Å²) in [6, 6.07) is 6.86. The second kappa shape index (κ2) is 6.59. The molecule has 1 aromatic rings.